The standard InChI is InChI=1S/C9H17N/c1-7(2)9-5-6-10(9)8-3-4-8/h7-9H,3-6H2,1-2H3/t9-/m0/s1. The van der Waals surface area contributed by atoms with Crippen LogP contribution in [0.2, 0.25) is 0 Å². The summed E-state index contributed by atoms with van der Waals surface area (Å²) in [7, 11) is 0. The summed E-state index contributed by atoms with van der Waals surface area (Å²) in [6.45, 7) is 6.08. The Kier molecular flexibility index (Phi) is 1.48. The second kappa shape index (κ2) is 2.23. The predicted molar refractivity (Wildman–Crippen MR) is 43.0 cm³/mol. The topological polar surface area (TPSA) is 3.24 Å². The molecule has 1 heteroatoms. The highest BCUT2D eigenvalue weighted by atomic mass is 15.3. The van der Waals surface area contributed by atoms with Crippen molar-refractivity contribution in [2.24, 2.45) is 5.92 Å². The van der Waals surface area contributed by atoms with Crippen LogP contribution in [-0.2, 0) is 0 Å². The van der Waals surface area contributed by atoms with Gasteiger partial charge in [-0.3, -0.25) is 4.90 Å². The maximum atomic E-state index is 2.70. The van der Waals surface area contributed by atoms with Crippen molar-refractivity contribution in [3.8, 4) is 0 Å². The summed E-state index contributed by atoms with van der Waals surface area (Å²) >= 11 is 0. The molecule has 1 aliphatic heterocycles. The average molecular weight is 139 g/mol. The van der Waals surface area contributed by atoms with Gasteiger partial charge in [0.25, 0.3) is 0 Å². The molecule has 2 fully saturated rings. The zero-order valence-corrected chi connectivity index (χ0v) is 7.01. The van der Waals surface area contributed by atoms with E-state index in [1.807, 2.05) is 0 Å². The number of rotatable bonds is 2. The molecule has 0 aromatic rings. The molecule has 1 aliphatic carbocycles. The van der Waals surface area contributed by atoms with E-state index in [1.54, 1.807) is 0 Å². The van der Waals surface area contributed by atoms with E-state index in [4.69, 9.17) is 0 Å². The summed E-state index contributed by atoms with van der Waals surface area (Å²) in [5.74, 6) is 0.884. The zero-order chi connectivity index (χ0) is 7.14. The van der Waals surface area contributed by atoms with Crippen molar-refractivity contribution in [2.75, 3.05) is 6.54 Å². The smallest absolute Gasteiger partial charge is 0.0133 e. The Morgan fingerprint density at radius 2 is 1.90 bits per heavy atom. The molecule has 0 bridgehead atoms. The minimum atomic E-state index is 0.884. The molecular formula is C9H17N. The minimum Gasteiger partial charge on any atom is -0.297 e. The van der Waals surface area contributed by atoms with Crippen LogP contribution >= 0.6 is 0 Å². The van der Waals surface area contributed by atoms with Crippen molar-refractivity contribution in [1.29, 1.82) is 0 Å². The Morgan fingerprint density at radius 3 is 2.20 bits per heavy atom. The lowest BCUT2D eigenvalue weighted by Crippen LogP contribution is -2.51. The largest absolute Gasteiger partial charge is 0.297 e. The maximum absolute atomic E-state index is 2.70. The summed E-state index contributed by atoms with van der Waals surface area (Å²) in [4.78, 5) is 2.70. The van der Waals surface area contributed by atoms with Crippen LogP contribution in [0.25, 0.3) is 0 Å². The van der Waals surface area contributed by atoms with Gasteiger partial charge in [-0.2, -0.15) is 0 Å². The third kappa shape index (κ3) is 0.968. The second-order valence-corrected chi connectivity index (χ2v) is 4.07. The van der Waals surface area contributed by atoms with Crippen molar-refractivity contribution in [3.05, 3.63) is 0 Å². The first-order valence-electron chi connectivity index (χ1n) is 4.55. The molecule has 1 nitrogen and oxygen atoms in total. The highest BCUT2D eigenvalue weighted by Crippen LogP contribution is 2.36. The summed E-state index contributed by atoms with van der Waals surface area (Å²) < 4.78 is 0. The Balaban J connectivity index is 1.86. The molecule has 1 heterocycles. The summed E-state index contributed by atoms with van der Waals surface area (Å²) in [5, 5.41) is 0. The first-order chi connectivity index (χ1) is 4.79. The highest BCUT2D eigenvalue weighted by Gasteiger charge is 2.40. The molecule has 0 amide bonds. The lowest BCUT2D eigenvalue weighted by molar-refractivity contribution is 0.0478. The fourth-order valence-corrected chi connectivity index (χ4v) is 2.00. The summed E-state index contributed by atoms with van der Waals surface area (Å²) in [6, 6.07) is 1.94. The first-order valence-corrected chi connectivity index (χ1v) is 4.55. The van der Waals surface area contributed by atoms with E-state index < -0.39 is 0 Å². The van der Waals surface area contributed by atoms with E-state index in [1.165, 1.54) is 25.8 Å². The van der Waals surface area contributed by atoms with Gasteiger partial charge < -0.3 is 0 Å². The average Bonchev–Trinajstić information content (AvgIpc) is 2.43. The number of hydrogen-bond acceptors (Lipinski definition) is 1. The molecule has 1 saturated heterocycles. The van der Waals surface area contributed by atoms with Crippen molar-refractivity contribution < 1.29 is 0 Å². The van der Waals surface area contributed by atoms with Gasteiger partial charge in [-0.25, -0.2) is 0 Å². The summed E-state index contributed by atoms with van der Waals surface area (Å²) in [5.41, 5.74) is 0. The molecule has 1 saturated carbocycles. The van der Waals surface area contributed by atoms with Gasteiger partial charge >= 0.3 is 0 Å². The Hall–Kier alpha value is -0.0400. The molecule has 0 aromatic heterocycles. The Labute approximate surface area is 63.4 Å². The van der Waals surface area contributed by atoms with Gasteiger partial charge in [0, 0.05) is 18.6 Å². The molecule has 2 rings (SSSR count). The monoisotopic (exact) mass is 139 g/mol. The maximum Gasteiger partial charge on any atom is 0.0133 e. The molecule has 1 atom stereocenters. The molecule has 0 radical (unpaired) electrons. The van der Waals surface area contributed by atoms with E-state index in [0.29, 0.717) is 0 Å². The fraction of sp³-hybridized carbons (Fsp3) is 1.00. The third-order valence-electron chi connectivity index (χ3n) is 2.89. The van der Waals surface area contributed by atoms with Crippen molar-refractivity contribution in [3.63, 3.8) is 0 Å². The zero-order valence-electron chi connectivity index (χ0n) is 7.01. The fourth-order valence-electron chi connectivity index (χ4n) is 2.00. The molecular weight excluding hydrogens is 122 g/mol. The first kappa shape index (κ1) is 6.66. The van der Waals surface area contributed by atoms with Crippen LogP contribution in [0, 0.1) is 5.92 Å². The van der Waals surface area contributed by atoms with Crippen LogP contribution in [-0.4, -0.2) is 23.5 Å². The SMILES string of the molecule is CC(C)[C@@H]1CCN1C1CC1. The van der Waals surface area contributed by atoms with Gasteiger partial charge in [0.15, 0.2) is 0 Å². The highest BCUT2D eigenvalue weighted by molar-refractivity contribution is 4.95. The molecule has 10 heavy (non-hydrogen) atoms. The Morgan fingerprint density at radius 1 is 1.20 bits per heavy atom. The van der Waals surface area contributed by atoms with E-state index in [-0.39, 0.29) is 0 Å². The van der Waals surface area contributed by atoms with E-state index >= 15 is 0 Å². The number of likely N-dealkylation sites (tertiary alicyclic amines) is 1. The normalized spacial score (nSPS) is 34.5. The van der Waals surface area contributed by atoms with Gasteiger partial charge in [-0.15, -0.1) is 0 Å². The Bertz CT molecular complexity index is 119. The molecule has 0 aromatic carbocycles. The molecule has 0 unspecified atom stereocenters. The van der Waals surface area contributed by atoms with Gasteiger partial charge in [0.05, 0.1) is 0 Å². The second-order valence-electron chi connectivity index (χ2n) is 4.07. The number of hydrogen-bond donors (Lipinski definition) is 0. The summed E-state index contributed by atoms with van der Waals surface area (Å²) in [6.07, 6.45) is 4.40. The van der Waals surface area contributed by atoms with E-state index in [2.05, 4.69) is 18.7 Å². The van der Waals surface area contributed by atoms with Crippen LogP contribution < -0.4 is 0 Å². The van der Waals surface area contributed by atoms with Crippen molar-refractivity contribution >= 4 is 0 Å². The van der Waals surface area contributed by atoms with Gasteiger partial charge in [-0.1, -0.05) is 13.8 Å². The van der Waals surface area contributed by atoms with E-state index in [9.17, 15) is 0 Å². The van der Waals surface area contributed by atoms with Gasteiger partial charge in [0.2, 0.25) is 0 Å². The van der Waals surface area contributed by atoms with Crippen LogP contribution in [0.15, 0.2) is 0 Å². The molecule has 0 N–H and O–H groups in total. The van der Waals surface area contributed by atoms with Crippen LogP contribution in [0.5, 0.6) is 0 Å². The molecule has 0 spiro atoms. The predicted octanol–water partition coefficient (Wildman–Crippen LogP) is 1.88. The lowest BCUT2D eigenvalue weighted by atomic mass is 9.92. The lowest BCUT2D eigenvalue weighted by Gasteiger charge is -2.44. The van der Waals surface area contributed by atoms with Crippen molar-refractivity contribution in [2.45, 2.75) is 45.2 Å². The third-order valence-corrected chi connectivity index (χ3v) is 2.89. The van der Waals surface area contributed by atoms with Crippen LogP contribution in [0.3, 0.4) is 0 Å². The minimum absolute atomic E-state index is 0.884. The van der Waals surface area contributed by atoms with Gasteiger partial charge in [0.1, 0.15) is 0 Å². The van der Waals surface area contributed by atoms with Crippen LogP contribution in [0.1, 0.15) is 33.1 Å². The van der Waals surface area contributed by atoms with Crippen molar-refractivity contribution in [1.82, 2.24) is 4.90 Å². The number of nitrogens with zero attached hydrogens (tertiary/aromatic N) is 1. The van der Waals surface area contributed by atoms with Crippen LogP contribution in [0.4, 0.5) is 0 Å². The molecule has 2 aliphatic rings. The quantitative estimate of drug-likeness (QED) is 0.564. The molecule has 58 valence electrons. The van der Waals surface area contributed by atoms with E-state index in [0.717, 1.165) is 18.0 Å². The van der Waals surface area contributed by atoms with Gasteiger partial charge in [-0.05, 0) is 25.2 Å².